The maximum atomic E-state index is 12.9. The molecule has 1 N–H and O–H groups in total. The lowest BCUT2D eigenvalue weighted by Crippen LogP contribution is -2.29. The summed E-state index contributed by atoms with van der Waals surface area (Å²) in [5.41, 5.74) is 2.36. The third kappa shape index (κ3) is 4.75. The zero-order valence-corrected chi connectivity index (χ0v) is 16.5. The molecule has 0 bridgehead atoms. The molecule has 4 rings (SSSR count). The van der Waals surface area contributed by atoms with E-state index < -0.39 is 0 Å². The first-order valence-electron chi connectivity index (χ1n) is 9.51. The number of hydrogen-bond acceptors (Lipinski definition) is 4. The van der Waals surface area contributed by atoms with Crippen molar-refractivity contribution in [3.63, 3.8) is 0 Å². The van der Waals surface area contributed by atoms with Crippen LogP contribution in [0.1, 0.15) is 33.9 Å². The number of pyridine rings is 1. The lowest BCUT2D eigenvalue weighted by atomic mass is 9.98. The van der Waals surface area contributed by atoms with Gasteiger partial charge in [-0.25, -0.2) is 4.98 Å². The first kappa shape index (κ1) is 19.4. The highest BCUT2D eigenvalue weighted by atomic mass is 35.5. The summed E-state index contributed by atoms with van der Waals surface area (Å²) >= 11 is 6.31. The summed E-state index contributed by atoms with van der Waals surface area (Å²) in [6, 6.07) is 21.0. The van der Waals surface area contributed by atoms with Gasteiger partial charge in [-0.15, -0.1) is 0 Å². The van der Waals surface area contributed by atoms with Gasteiger partial charge < -0.3 is 14.8 Å². The Kier molecular flexibility index (Phi) is 6.08. The average molecular weight is 409 g/mol. The van der Waals surface area contributed by atoms with Crippen LogP contribution in [-0.2, 0) is 4.74 Å². The number of nitrogens with one attached hydrogen (secondary N) is 1. The Morgan fingerprint density at radius 1 is 1.10 bits per heavy atom. The second-order valence-electron chi connectivity index (χ2n) is 6.84. The van der Waals surface area contributed by atoms with Crippen LogP contribution < -0.4 is 10.1 Å². The van der Waals surface area contributed by atoms with Gasteiger partial charge in [0, 0.05) is 12.6 Å². The van der Waals surface area contributed by atoms with Crippen molar-refractivity contribution in [3.8, 4) is 5.88 Å². The van der Waals surface area contributed by atoms with Crippen LogP contribution in [0.3, 0.4) is 0 Å². The Balaban J connectivity index is 1.54. The summed E-state index contributed by atoms with van der Waals surface area (Å²) in [6.45, 7) is 1.19. The van der Waals surface area contributed by atoms with Crippen molar-refractivity contribution in [3.05, 3.63) is 94.6 Å². The van der Waals surface area contributed by atoms with E-state index in [1.165, 1.54) is 6.20 Å². The third-order valence-corrected chi connectivity index (χ3v) is 5.05. The monoisotopic (exact) mass is 408 g/mol. The Morgan fingerprint density at radius 2 is 1.76 bits per heavy atom. The van der Waals surface area contributed by atoms with Gasteiger partial charge in [-0.3, -0.25) is 4.79 Å². The molecule has 1 saturated heterocycles. The standard InChI is InChI=1S/C23H21ClN2O3/c24-20-13-18(14-25-23(20)29-19-11-12-28-15-19)22(27)26-21(16-7-3-1-4-8-16)17-9-5-2-6-10-17/h1-10,13-14,19,21H,11-12,15H2,(H,26,27)/t19-/m1/s1. The van der Waals surface area contributed by atoms with Crippen LogP contribution in [0.4, 0.5) is 0 Å². The Hall–Kier alpha value is -2.89. The Labute approximate surface area is 174 Å². The molecule has 5 nitrogen and oxygen atoms in total. The van der Waals surface area contributed by atoms with Crippen LogP contribution >= 0.6 is 11.6 Å². The smallest absolute Gasteiger partial charge is 0.253 e. The minimum atomic E-state index is -0.282. The second kappa shape index (κ2) is 9.07. The molecule has 2 aromatic carbocycles. The lowest BCUT2D eigenvalue weighted by molar-refractivity contribution is 0.0942. The molecule has 0 radical (unpaired) electrons. The number of benzene rings is 2. The van der Waals surface area contributed by atoms with E-state index in [1.54, 1.807) is 6.07 Å². The number of halogens is 1. The van der Waals surface area contributed by atoms with Crippen LogP contribution in [0.5, 0.6) is 5.88 Å². The number of carbonyl (C=O) groups is 1. The summed E-state index contributed by atoms with van der Waals surface area (Å²) < 4.78 is 11.1. The largest absolute Gasteiger partial charge is 0.471 e. The van der Waals surface area contributed by atoms with Crippen molar-refractivity contribution in [2.24, 2.45) is 0 Å². The number of aromatic nitrogens is 1. The van der Waals surface area contributed by atoms with E-state index in [0.717, 1.165) is 17.5 Å². The maximum absolute atomic E-state index is 12.9. The number of rotatable bonds is 6. The predicted octanol–water partition coefficient (Wildman–Crippen LogP) is 4.42. The summed E-state index contributed by atoms with van der Waals surface area (Å²) in [4.78, 5) is 17.2. The van der Waals surface area contributed by atoms with Gasteiger partial charge in [0.05, 0.1) is 24.8 Å². The molecule has 3 aromatic rings. The van der Waals surface area contributed by atoms with Gasteiger partial charge in [-0.05, 0) is 17.2 Å². The molecule has 0 unspecified atom stereocenters. The van der Waals surface area contributed by atoms with E-state index in [-0.39, 0.29) is 18.1 Å². The van der Waals surface area contributed by atoms with Crippen molar-refractivity contribution in [2.45, 2.75) is 18.6 Å². The predicted molar refractivity (Wildman–Crippen MR) is 111 cm³/mol. The molecule has 1 fully saturated rings. The molecule has 2 heterocycles. The first-order valence-corrected chi connectivity index (χ1v) is 9.89. The summed E-state index contributed by atoms with van der Waals surface area (Å²) in [6.07, 6.45) is 2.23. The molecule has 148 valence electrons. The normalized spacial score (nSPS) is 16.0. The first-order chi connectivity index (χ1) is 14.2. The molecule has 6 heteroatoms. The number of ether oxygens (including phenoxy) is 2. The Bertz CT molecular complexity index is 921. The minimum absolute atomic E-state index is 0.0554. The summed E-state index contributed by atoms with van der Waals surface area (Å²) in [7, 11) is 0. The molecular weight excluding hydrogens is 388 g/mol. The van der Waals surface area contributed by atoms with E-state index in [2.05, 4.69) is 10.3 Å². The SMILES string of the molecule is O=C(NC(c1ccccc1)c1ccccc1)c1cnc(O[C@@H]2CCOC2)c(Cl)c1. The molecule has 29 heavy (non-hydrogen) atoms. The maximum Gasteiger partial charge on any atom is 0.253 e. The van der Waals surface area contributed by atoms with Gasteiger partial charge in [-0.2, -0.15) is 0 Å². The molecule has 1 aliphatic rings. The Morgan fingerprint density at radius 3 is 2.31 bits per heavy atom. The molecule has 1 aliphatic heterocycles. The van der Waals surface area contributed by atoms with E-state index >= 15 is 0 Å². The van der Waals surface area contributed by atoms with Crippen LogP contribution in [0, 0.1) is 0 Å². The fourth-order valence-electron chi connectivity index (χ4n) is 3.26. The van der Waals surface area contributed by atoms with E-state index in [0.29, 0.717) is 29.7 Å². The second-order valence-corrected chi connectivity index (χ2v) is 7.25. The number of amides is 1. The van der Waals surface area contributed by atoms with Crippen LogP contribution in [0.25, 0.3) is 0 Å². The van der Waals surface area contributed by atoms with Gasteiger partial charge in [-0.1, -0.05) is 72.3 Å². The molecule has 0 saturated carbocycles. The van der Waals surface area contributed by atoms with Gasteiger partial charge >= 0.3 is 0 Å². The van der Waals surface area contributed by atoms with E-state index in [1.807, 2.05) is 60.7 Å². The minimum Gasteiger partial charge on any atom is -0.471 e. The van der Waals surface area contributed by atoms with Crippen molar-refractivity contribution >= 4 is 17.5 Å². The summed E-state index contributed by atoms with van der Waals surface area (Å²) in [5.74, 6) is 0.0641. The number of carbonyl (C=O) groups excluding carboxylic acids is 1. The fraction of sp³-hybridized carbons (Fsp3) is 0.217. The molecule has 1 amide bonds. The van der Waals surface area contributed by atoms with Crippen molar-refractivity contribution in [1.29, 1.82) is 0 Å². The fourth-order valence-corrected chi connectivity index (χ4v) is 3.48. The van der Waals surface area contributed by atoms with Gasteiger partial charge in [0.2, 0.25) is 5.88 Å². The molecular formula is C23H21ClN2O3. The van der Waals surface area contributed by atoms with Gasteiger partial charge in [0.1, 0.15) is 11.1 Å². The highest BCUT2D eigenvalue weighted by Crippen LogP contribution is 2.26. The zero-order valence-electron chi connectivity index (χ0n) is 15.8. The van der Waals surface area contributed by atoms with E-state index in [9.17, 15) is 4.79 Å². The quantitative estimate of drug-likeness (QED) is 0.655. The van der Waals surface area contributed by atoms with E-state index in [4.69, 9.17) is 21.1 Å². The van der Waals surface area contributed by atoms with Gasteiger partial charge in [0.15, 0.2) is 0 Å². The van der Waals surface area contributed by atoms with Crippen LogP contribution in [0.2, 0.25) is 5.02 Å². The summed E-state index contributed by atoms with van der Waals surface area (Å²) in [5, 5.41) is 3.39. The van der Waals surface area contributed by atoms with Crippen LogP contribution in [-0.4, -0.2) is 30.2 Å². The van der Waals surface area contributed by atoms with Crippen molar-refractivity contribution in [2.75, 3.05) is 13.2 Å². The molecule has 1 aromatic heterocycles. The topological polar surface area (TPSA) is 60.5 Å². The number of hydrogen-bond donors (Lipinski definition) is 1. The zero-order chi connectivity index (χ0) is 20.1. The average Bonchev–Trinajstić information content (AvgIpc) is 3.28. The van der Waals surface area contributed by atoms with Crippen molar-refractivity contribution in [1.82, 2.24) is 10.3 Å². The van der Waals surface area contributed by atoms with Gasteiger partial charge in [0.25, 0.3) is 5.91 Å². The highest BCUT2D eigenvalue weighted by molar-refractivity contribution is 6.32. The van der Waals surface area contributed by atoms with Crippen LogP contribution in [0.15, 0.2) is 72.9 Å². The number of nitrogens with zero attached hydrogens (tertiary/aromatic N) is 1. The molecule has 1 atom stereocenters. The molecule has 0 spiro atoms. The molecule has 0 aliphatic carbocycles. The van der Waals surface area contributed by atoms with Crippen molar-refractivity contribution < 1.29 is 14.3 Å². The third-order valence-electron chi connectivity index (χ3n) is 4.78. The lowest BCUT2D eigenvalue weighted by Gasteiger charge is -2.20. The highest BCUT2D eigenvalue weighted by Gasteiger charge is 2.21.